The number of benzene rings is 2. The van der Waals surface area contributed by atoms with E-state index in [4.69, 9.17) is 4.52 Å². The van der Waals surface area contributed by atoms with Gasteiger partial charge in [-0.25, -0.2) is 0 Å². The van der Waals surface area contributed by atoms with Crippen LogP contribution in [-0.4, -0.2) is 39.9 Å². The molecule has 9 heteroatoms. The molecule has 1 fully saturated rings. The van der Waals surface area contributed by atoms with E-state index in [0.29, 0.717) is 36.1 Å². The van der Waals surface area contributed by atoms with Crippen LogP contribution in [0.5, 0.6) is 0 Å². The predicted octanol–water partition coefficient (Wildman–Crippen LogP) is 5.14. The first-order valence-corrected chi connectivity index (χ1v) is 13.3. The van der Waals surface area contributed by atoms with Crippen LogP contribution in [0, 0.1) is 5.92 Å². The molecule has 3 heterocycles. The molecule has 2 aromatic heterocycles. The summed E-state index contributed by atoms with van der Waals surface area (Å²) in [6.45, 7) is 3.88. The summed E-state index contributed by atoms with van der Waals surface area (Å²) in [5.41, 5.74) is 1.97. The van der Waals surface area contributed by atoms with Gasteiger partial charge in [0.1, 0.15) is 0 Å². The Labute approximate surface area is 219 Å². The molecule has 2 amide bonds. The molecular weight excluding hydrogens is 486 g/mol. The SMILES string of the molecule is CC(NC(=O)c1ccccc1NC(=O)C1CCCN(Cc2nc(-c3cccs3)no2)C1)c1ccccc1. The smallest absolute Gasteiger partial charge is 0.253 e. The fourth-order valence-electron chi connectivity index (χ4n) is 4.55. The summed E-state index contributed by atoms with van der Waals surface area (Å²) >= 11 is 1.57. The van der Waals surface area contributed by atoms with Gasteiger partial charge in [-0.05, 0) is 55.5 Å². The lowest BCUT2D eigenvalue weighted by Crippen LogP contribution is -2.40. The zero-order valence-corrected chi connectivity index (χ0v) is 21.4. The third-order valence-electron chi connectivity index (χ3n) is 6.52. The second kappa shape index (κ2) is 11.5. The van der Waals surface area contributed by atoms with E-state index in [1.807, 2.05) is 60.8 Å². The number of para-hydroxylation sites is 1. The van der Waals surface area contributed by atoms with Crippen molar-refractivity contribution in [1.82, 2.24) is 20.4 Å². The fraction of sp³-hybridized carbons (Fsp3) is 0.286. The molecule has 2 atom stereocenters. The van der Waals surface area contributed by atoms with E-state index >= 15 is 0 Å². The summed E-state index contributed by atoms with van der Waals surface area (Å²) in [7, 11) is 0. The van der Waals surface area contributed by atoms with Crippen LogP contribution < -0.4 is 10.6 Å². The van der Waals surface area contributed by atoms with E-state index in [1.165, 1.54) is 0 Å². The topological polar surface area (TPSA) is 100 Å². The van der Waals surface area contributed by atoms with Crippen LogP contribution in [-0.2, 0) is 11.3 Å². The highest BCUT2D eigenvalue weighted by Crippen LogP contribution is 2.25. The summed E-state index contributed by atoms with van der Waals surface area (Å²) in [6, 6.07) is 20.7. The first kappa shape index (κ1) is 24.9. The number of nitrogens with one attached hydrogen (secondary N) is 2. The first-order chi connectivity index (χ1) is 18.1. The number of likely N-dealkylation sites (tertiary alicyclic amines) is 1. The van der Waals surface area contributed by atoms with Crippen molar-refractivity contribution in [2.24, 2.45) is 5.92 Å². The normalized spacial score (nSPS) is 16.7. The van der Waals surface area contributed by atoms with Gasteiger partial charge in [-0.15, -0.1) is 11.3 Å². The van der Waals surface area contributed by atoms with Crippen LogP contribution in [0.3, 0.4) is 0 Å². The van der Waals surface area contributed by atoms with Gasteiger partial charge in [-0.1, -0.05) is 53.7 Å². The lowest BCUT2D eigenvalue weighted by molar-refractivity contribution is -0.121. The number of nitrogens with zero attached hydrogens (tertiary/aromatic N) is 3. The Bertz CT molecular complexity index is 1340. The second-order valence-corrected chi connectivity index (χ2v) is 10.2. The molecule has 0 saturated carbocycles. The predicted molar refractivity (Wildman–Crippen MR) is 143 cm³/mol. The maximum atomic E-state index is 13.2. The van der Waals surface area contributed by atoms with E-state index in [-0.39, 0.29) is 23.8 Å². The molecule has 0 aliphatic carbocycles. The molecule has 1 aliphatic rings. The Morgan fingerprint density at radius 1 is 1.11 bits per heavy atom. The minimum atomic E-state index is -0.226. The lowest BCUT2D eigenvalue weighted by atomic mass is 9.96. The number of hydrogen-bond donors (Lipinski definition) is 2. The standard InChI is InChI=1S/C28H29N5O3S/c1-19(20-9-3-2-4-10-20)29-28(35)22-12-5-6-13-23(22)30-27(34)21-11-7-15-33(17-21)18-25-31-26(32-36-25)24-14-8-16-37-24/h2-6,8-10,12-14,16,19,21H,7,11,15,17-18H2,1H3,(H,29,35)(H,30,34). The van der Waals surface area contributed by atoms with Crippen LogP contribution in [0.25, 0.3) is 10.7 Å². The largest absolute Gasteiger partial charge is 0.345 e. The molecule has 0 radical (unpaired) electrons. The van der Waals surface area contributed by atoms with E-state index in [9.17, 15) is 9.59 Å². The van der Waals surface area contributed by atoms with E-state index in [2.05, 4.69) is 25.7 Å². The number of amides is 2. The van der Waals surface area contributed by atoms with Gasteiger partial charge in [0, 0.05) is 6.54 Å². The van der Waals surface area contributed by atoms with Crippen molar-refractivity contribution in [3.63, 3.8) is 0 Å². The Morgan fingerprint density at radius 2 is 1.92 bits per heavy atom. The summed E-state index contributed by atoms with van der Waals surface area (Å²) < 4.78 is 5.45. The minimum Gasteiger partial charge on any atom is -0.345 e. The lowest BCUT2D eigenvalue weighted by Gasteiger charge is -2.31. The van der Waals surface area contributed by atoms with Gasteiger partial charge in [-0.2, -0.15) is 4.98 Å². The second-order valence-electron chi connectivity index (χ2n) is 9.20. The Balaban J connectivity index is 1.20. The van der Waals surface area contributed by atoms with E-state index in [1.54, 1.807) is 29.5 Å². The van der Waals surface area contributed by atoms with Gasteiger partial charge in [0.05, 0.1) is 34.6 Å². The number of hydrogen-bond acceptors (Lipinski definition) is 7. The van der Waals surface area contributed by atoms with E-state index in [0.717, 1.165) is 29.8 Å². The van der Waals surface area contributed by atoms with Crippen LogP contribution in [0.1, 0.15) is 47.6 Å². The number of carbonyl (C=O) groups excluding carboxylic acids is 2. The monoisotopic (exact) mass is 515 g/mol. The molecule has 1 saturated heterocycles. The maximum absolute atomic E-state index is 13.2. The molecule has 1 aliphatic heterocycles. The number of anilines is 1. The molecule has 5 rings (SSSR count). The van der Waals surface area contributed by atoms with Gasteiger partial charge in [0.25, 0.3) is 5.91 Å². The third-order valence-corrected chi connectivity index (χ3v) is 7.39. The maximum Gasteiger partial charge on any atom is 0.253 e. The van der Waals surface area contributed by atoms with Crippen molar-refractivity contribution >= 4 is 28.8 Å². The highest BCUT2D eigenvalue weighted by atomic mass is 32.1. The van der Waals surface area contributed by atoms with Crippen molar-refractivity contribution in [1.29, 1.82) is 0 Å². The van der Waals surface area contributed by atoms with Crippen molar-refractivity contribution in [3.05, 3.63) is 89.1 Å². The van der Waals surface area contributed by atoms with Crippen LogP contribution in [0.4, 0.5) is 5.69 Å². The van der Waals surface area contributed by atoms with Crippen LogP contribution in [0.2, 0.25) is 0 Å². The summed E-state index contributed by atoms with van der Waals surface area (Å²) in [5.74, 6) is 0.612. The van der Waals surface area contributed by atoms with Gasteiger partial charge in [0.2, 0.25) is 17.6 Å². The Hall–Kier alpha value is -3.82. The summed E-state index contributed by atoms with van der Waals surface area (Å²) in [6.07, 6.45) is 1.67. The molecule has 2 N–H and O–H groups in total. The molecular formula is C28H29N5O3S. The molecule has 2 unspecified atom stereocenters. The molecule has 4 aromatic rings. The third kappa shape index (κ3) is 6.12. The highest BCUT2D eigenvalue weighted by Gasteiger charge is 2.28. The van der Waals surface area contributed by atoms with E-state index < -0.39 is 0 Å². The molecule has 2 aromatic carbocycles. The Kier molecular flexibility index (Phi) is 7.72. The summed E-state index contributed by atoms with van der Waals surface area (Å²) in [5, 5.41) is 12.1. The fourth-order valence-corrected chi connectivity index (χ4v) is 5.20. The van der Waals surface area contributed by atoms with Crippen molar-refractivity contribution < 1.29 is 14.1 Å². The van der Waals surface area contributed by atoms with Crippen molar-refractivity contribution in [3.8, 4) is 10.7 Å². The minimum absolute atomic E-state index is 0.0918. The molecule has 0 bridgehead atoms. The van der Waals surface area contributed by atoms with Gasteiger partial charge < -0.3 is 15.2 Å². The Morgan fingerprint density at radius 3 is 2.73 bits per heavy atom. The molecule has 8 nitrogen and oxygen atoms in total. The first-order valence-electron chi connectivity index (χ1n) is 12.4. The van der Waals surface area contributed by atoms with Crippen LogP contribution in [0.15, 0.2) is 76.6 Å². The zero-order chi connectivity index (χ0) is 25.6. The van der Waals surface area contributed by atoms with Crippen molar-refractivity contribution in [2.45, 2.75) is 32.4 Å². The average Bonchev–Trinajstić information content (AvgIpc) is 3.62. The number of carbonyl (C=O) groups is 2. The molecule has 190 valence electrons. The van der Waals surface area contributed by atoms with Crippen LogP contribution >= 0.6 is 11.3 Å². The number of aromatic nitrogens is 2. The van der Waals surface area contributed by atoms with Crippen molar-refractivity contribution in [2.75, 3.05) is 18.4 Å². The number of piperidine rings is 1. The number of rotatable bonds is 8. The zero-order valence-electron chi connectivity index (χ0n) is 20.6. The van der Waals surface area contributed by atoms with Gasteiger partial charge >= 0.3 is 0 Å². The van der Waals surface area contributed by atoms with Gasteiger partial charge in [-0.3, -0.25) is 14.5 Å². The van der Waals surface area contributed by atoms with Gasteiger partial charge in [0.15, 0.2) is 0 Å². The highest BCUT2D eigenvalue weighted by molar-refractivity contribution is 7.13. The molecule has 0 spiro atoms. The quantitative estimate of drug-likeness (QED) is 0.337. The number of thiophene rings is 1. The molecule has 37 heavy (non-hydrogen) atoms. The average molecular weight is 516 g/mol. The summed E-state index contributed by atoms with van der Waals surface area (Å²) in [4.78, 5) is 33.9.